The molecule has 0 spiro atoms. The molecular formula is C34H33NO4. The maximum Gasteiger partial charge on any atom is 0.343 e. The molecule has 0 bridgehead atoms. The van der Waals surface area contributed by atoms with Crippen LogP contribution in [0.5, 0.6) is 17.2 Å². The van der Waals surface area contributed by atoms with Gasteiger partial charge in [0.05, 0.1) is 30.4 Å². The lowest BCUT2D eigenvalue weighted by Crippen LogP contribution is -2.08. The van der Waals surface area contributed by atoms with E-state index in [1.165, 1.54) is 5.56 Å². The molecule has 0 heterocycles. The van der Waals surface area contributed by atoms with Gasteiger partial charge in [0.2, 0.25) is 0 Å². The van der Waals surface area contributed by atoms with Crippen LogP contribution >= 0.6 is 0 Å². The topological polar surface area (TPSA) is 68.6 Å². The van der Waals surface area contributed by atoms with Crippen molar-refractivity contribution >= 4 is 5.97 Å². The second-order valence-corrected chi connectivity index (χ2v) is 9.22. The summed E-state index contributed by atoms with van der Waals surface area (Å²) >= 11 is 0. The molecule has 0 N–H and O–H groups in total. The maximum absolute atomic E-state index is 12.4. The summed E-state index contributed by atoms with van der Waals surface area (Å²) in [4.78, 5) is 12.4. The first-order chi connectivity index (χ1) is 19.1. The van der Waals surface area contributed by atoms with E-state index in [1.54, 1.807) is 48.5 Å². The Bertz CT molecular complexity index is 1350. The van der Waals surface area contributed by atoms with Gasteiger partial charge in [0.1, 0.15) is 17.2 Å². The standard InChI is InChI=1S/C34H33NO4/c1-2-37-31-20-22-33(23-21-31)39-34(36)30-16-18-32(19-17-30)38-24-6-4-3-5-7-26-8-12-28(13-9-26)29-14-10-27(25-35)11-15-29/h8-23H,2-7,24H2,1H3. The first kappa shape index (κ1) is 27.5. The lowest BCUT2D eigenvalue weighted by atomic mass is 10.0. The van der Waals surface area contributed by atoms with E-state index in [9.17, 15) is 4.79 Å². The minimum Gasteiger partial charge on any atom is -0.494 e. The third-order valence-corrected chi connectivity index (χ3v) is 6.37. The highest BCUT2D eigenvalue weighted by Crippen LogP contribution is 2.22. The molecular weight excluding hydrogens is 486 g/mol. The highest BCUT2D eigenvalue weighted by molar-refractivity contribution is 5.91. The molecule has 0 aliphatic heterocycles. The maximum atomic E-state index is 12.4. The Labute approximate surface area is 230 Å². The van der Waals surface area contributed by atoms with Crippen molar-refractivity contribution < 1.29 is 19.0 Å². The highest BCUT2D eigenvalue weighted by atomic mass is 16.5. The summed E-state index contributed by atoms with van der Waals surface area (Å²) in [6.07, 6.45) is 5.44. The van der Waals surface area contributed by atoms with Gasteiger partial charge in [-0.3, -0.25) is 0 Å². The van der Waals surface area contributed by atoms with E-state index in [0.29, 0.717) is 30.1 Å². The Morgan fingerprint density at radius 2 is 1.23 bits per heavy atom. The SMILES string of the molecule is CCOc1ccc(OC(=O)c2ccc(OCCCCCCc3ccc(-c4ccc(C#N)cc4)cc3)cc2)cc1. The third-order valence-electron chi connectivity index (χ3n) is 6.37. The molecule has 0 atom stereocenters. The Hall–Kier alpha value is -4.56. The van der Waals surface area contributed by atoms with E-state index < -0.39 is 5.97 Å². The van der Waals surface area contributed by atoms with E-state index >= 15 is 0 Å². The summed E-state index contributed by atoms with van der Waals surface area (Å²) in [6.45, 7) is 3.16. The van der Waals surface area contributed by atoms with Crippen molar-refractivity contribution in [3.8, 4) is 34.4 Å². The van der Waals surface area contributed by atoms with Crippen molar-refractivity contribution in [3.05, 3.63) is 114 Å². The van der Waals surface area contributed by atoms with Crippen LogP contribution in [0.1, 0.15) is 54.1 Å². The van der Waals surface area contributed by atoms with Crippen molar-refractivity contribution in [1.29, 1.82) is 5.26 Å². The van der Waals surface area contributed by atoms with Crippen LogP contribution in [0.25, 0.3) is 11.1 Å². The van der Waals surface area contributed by atoms with Crippen LogP contribution in [-0.4, -0.2) is 19.2 Å². The second-order valence-electron chi connectivity index (χ2n) is 9.22. The van der Waals surface area contributed by atoms with Gasteiger partial charge in [0.15, 0.2) is 0 Å². The number of aryl methyl sites for hydroxylation is 1. The normalized spacial score (nSPS) is 10.5. The van der Waals surface area contributed by atoms with Gasteiger partial charge < -0.3 is 14.2 Å². The smallest absolute Gasteiger partial charge is 0.343 e. The van der Waals surface area contributed by atoms with Crippen LogP contribution in [0.4, 0.5) is 0 Å². The average molecular weight is 520 g/mol. The average Bonchev–Trinajstić information content (AvgIpc) is 2.98. The van der Waals surface area contributed by atoms with E-state index in [0.717, 1.165) is 54.7 Å². The number of carbonyl (C=O) groups is 1. The lowest BCUT2D eigenvalue weighted by Gasteiger charge is -2.08. The number of ether oxygens (including phenoxy) is 3. The van der Waals surface area contributed by atoms with Crippen LogP contribution in [0, 0.1) is 11.3 Å². The molecule has 0 radical (unpaired) electrons. The van der Waals surface area contributed by atoms with Crippen LogP contribution in [-0.2, 0) is 6.42 Å². The molecule has 4 aromatic carbocycles. The summed E-state index contributed by atoms with van der Waals surface area (Å²) < 4.78 is 16.7. The number of hydrogen-bond acceptors (Lipinski definition) is 5. The lowest BCUT2D eigenvalue weighted by molar-refractivity contribution is 0.0734. The van der Waals surface area contributed by atoms with Crippen molar-refractivity contribution in [2.45, 2.75) is 39.0 Å². The van der Waals surface area contributed by atoms with Gasteiger partial charge in [-0.15, -0.1) is 0 Å². The van der Waals surface area contributed by atoms with E-state index in [1.807, 2.05) is 31.2 Å². The molecule has 0 saturated heterocycles. The number of hydrogen-bond donors (Lipinski definition) is 0. The molecule has 0 aliphatic rings. The molecule has 39 heavy (non-hydrogen) atoms. The number of esters is 1. The minimum atomic E-state index is -0.408. The van der Waals surface area contributed by atoms with Crippen molar-refractivity contribution in [2.75, 3.05) is 13.2 Å². The molecule has 198 valence electrons. The largest absolute Gasteiger partial charge is 0.494 e. The number of nitrogens with zero attached hydrogens (tertiary/aromatic N) is 1. The molecule has 0 fully saturated rings. The van der Waals surface area contributed by atoms with Crippen LogP contribution in [0.2, 0.25) is 0 Å². The van der Waals surface area contributed by atoms with Crippen molar-refractivity contribution in [2.24, 2.45) is 0 Å². The fourth-order valence-corrected chi connectivity index (χ4v) is 4.20. The van der Waals surface area contributed by atoms with E-state index in [2.05, 4.69) is 30.3 Å². The number of carbonyl (C=O) groups excluding carboxylic acids is 1. The fraction of sp³-hybridized carbons (Fsp3) is 0.235. The summed E-state index contributed by atoms with van der Waals surface area (Å²) in [7, 11) is 0. The molecule has 5 nitrogen and oxygen atoms in total. The quantitative estimate of drug-likeness (QED) is 0.102. The number of benzene rings is 4. The summed E-state index contributed by atoms with van der Waals surface area (Å²) in [5.74, 6) is 1.55. The van der Waals surface area contributed by atoms with Gasteiger partial charge in [-0.1, -0.05) is 49.2 Å². The summed E-state index contributed by atoms with van der Waals surface area (Å²) in [6, 6.07) is 32.5. The minimum absolute atomic E-state index is 0.408. The predicted octanol–water partition coefficient (Wildman–Crippen LogP) is 8.03. The Morgan fingerprint density at radius 3 is 1.87 bits per heavy atom. The molecule has 4 rings (SSSR count). The van der Waals surface area contributed by atoms with Gasteiger partial charge >= 0.3 is 5.97 Å². The van der Waals surface area contributed by atoms with Crippen LogP contribution in [0.3, 0.4) is 0 Å². The van der Waals surface area contributed by atoms with E-state index in [4.69, 9.17) is 19.5 Å². The summed E-state index contributed by atoms with van der Waals surface area (Å²) in [5.41, 5.74) is 4.78. The van der Waals surface area contributed by atoms with Crippen LogP contribution in [0.15, 0.2) is 97.1 Å². The van der Waals surface area contributed by atoms with Gasteiger partial charge in [-0.05, 0) is 104 Å². The Morgan fingerprint density at radius 1 is 0.667 bits per heavy atom. The van der Waals surface area contributed by atoms with Crippen molar-refractivity contribution in [1.82, 2.24) is 0 Å². The zero-order valence-corrected chi connectivity index (χ0v) is 22.3. The molecule has 0 amide bonds. The number of nitriles is 1. The van der Waals surface area contributed by atoms with Gasteiger partial charge in [0.25, 0.3) is 0 Å². The first-order valence-electron chi connectivity index (χ1n) is 13.4. The molecule has 4 aromatic rings. The van der Waals surface area contributed by atoms with Crippen molar-refractivity contribution in [3.63, 3.8) is 0 Å². The predicted molar refractivity (Wildman–Crippen MR) is 153 cm³/mol. The fourth-order valence-electron chi connectivity index (χ4n) is 4.20. The van der Waals surface area contributed by atoms with Crippen LogP contribution < -0.4 is 14.2 Å². The second kappa shape index (κ2) is 14.4. The highest BCUT2D eigenvalue weighted by Gasteiger charge is 2.09. The van der Waals surface area contributed by atoms with E-state index in [-0.39, 0.29) is 0 Å². The zero-order chi connectivity index (χ0) is 27.3. The third kappa shape index (κ3) is 8.48. The number of unbranched alkanes of at least 4 members (excludes halogenated alkanes) is 3. The molecule has 0 saturated carbocycles. The molecule has 0 aromatic heterocycles. The van der Waals surface area contributed by atoms with Gasteiger partial charge in [-0.2, -0.15) is 5.26 Å². The molecule has 5 heteroatoms. The van der Waals surface area contributed by atoms with Gasteiger partial charge in [-0.25, -0.2) is 4.79 Å². The Balaban J connectivity index is 1.10. The molecule has 0 aliphatic carbocycles. The van der Waals surface area contributed by atoms with Gasteiger partial charge in [0, 0.05) is 0 Å². The summed E-state index contributed by atoms with van der Waals surface area (Å²) in [5, 5.41) is 8.94. The number of rotatable bonds is 13. The first-order valence-corrected chi connectivity index (χ1v) is 13.4. The monoisotopic (exact) mass is 519 g/mol. The Kier molecular flexibility index (Phi) is 10.1. The zero-order valence-electron chi connectivity index (χ0n) is 22.3. The molecule has 0 unspecified atom stereocenters.